The summed E-state index contributed by atoms with van der Waals surface area (Å²) in [6.45, 7) is 21.6. The Kier molecular flexibility index (Phi) is 16.7. The van der Waals surface area contributed by atoms with Gasteiger partial charge in [0.25, 0.3) is 0 Å². The van der Waals surface area contributed by atoms with Gasteiger partial charge < -0.3 is 5.11 Å². The lowest BCUT2D eigenvalue weighted by molar-refractivity contribution is 0.172. The van der Waals surface area contributed by atoms with Gasteiger partial charge in [0.2, 0.25) is 0 Å². The summed E-state index contributed by atoms with van der Waals surface area (Å²) in [4.78, 5) is 0. The first-order chi connectivity index (χ1) is 19.3. The maximum absolute atomic E-state index is 9.87. The van der Waals surface area contributed by atoms with E-state index in [-0.39, 0.29) is 11.3 Å². The molecule has 0 radical (unpaired) electrons. The van der Waals surface area contributed by atoms with Crippen molar-refractivity contribution in [3.63, 3.8) is 0 Å². The van der Waals surface area contributed by atoms with Gasteiger partial charge in [-0.2, -0.15) is 0 Å². The van der Waals surface area contributed by atoms with Crippen LogP contribution in [0.4, 0.5) is 0 Å². The maximum atomic E-state index is 9.87. The molecule has 222 valence electrons. The van der Waals surface area contributed by atoms with Gasteiger partial charge in [-0.1, -0.05) is 164 Å². The number of aliphatic hydroxyl groups is 1. The Labute approximate surface area is 252 Å². The van der Waals surface area contributed by atoms with Gasteiger partial charge in [0.1, 0.15) is 0 Å². The smallest absolute Gasteiger partial charge is 0.0746 e. The lowest BCUT2D eigenvalue weighted by Gasteiger charge is -2.32. The summed E-state index contributed by atoms with van der Waals surface area (Å²) in [6.07, 6.45) is 39.1. The Bertz CT molecular complexity index is 1200. The average Bonchev–Trinajstić information content (AvgIpc) is 2.89. The number of hydrogen-bond acceptors (Lipinski definition) is 1. The van der Waals surface area contributed by atoms with Crippen molar-refractivity contribution >= 4 is 0 Å². The third-order valence-electron chi connectivity index (χ3n) is 7.28. The van der Waals surface area contributed by atoms with Crippen LogP contribution < -0.4 is 0 Å². The molecular weight excluding hydrogens is 496 g/mol. The number of aliphatic hydroxyl groups excluding tert-OH is 1. The van der Waals surface area contributed by atoms with Crippen molar-refractivity contribution in [1.82, 2.24) is 0 Å². The van der Waals surface area contributed by atoms with Crippen LogP contribution >= 0.6 is 0 Å². The first-order valence-corrected chi connectivity index (χ1v) is 15.1. The fourth-order valence-corrected chi connectivity index (χ4v) is 4.45. The van der Waals surface area contributed by atoms with Crippen molar-refractivity contribution in [2.24, 2.45) is 11.3 Å². The third-order valence-corrected chi connectivity index (χ3v) is 7.28. The van der Waals surface area contributed by atoms with E-state index in [0.29, 0.717) is 0 Å². The van der Waals surface area contributed by atoms with E-state index in [9.17, 15) is 5.11 Å². The highest BCUT2D eigenvalue weighted by atomic mass is 16.3. The summed E-state index contributed by atoms with van der Waals surface area (Å²) in [5, 5.41) is 9.87. The minimum absolute atomic E-state index is 0.231. The molecule has 1 N–H and O–H groups in total. The lowest BCUT2D eigenvalue weighted by Crippen LogP contribution is -2.19. The molecule has 1 atom stereocenters. The van der Waals surface area contributed by atoms with E-state index in [4.69, 9.17) is 0 Å². The second-order valence-electron chi connectivity index (χ2n) is 12.4. The monoisotopic (exact) mass is 552 g/mol. The molecule has 0 heterocycles. The molecular formula is C40H56O. The van der Waals surface area contributed by atoms with Crippen molar-refractivity contribution in [2.75, 3.05) is 0 Å². The topological polar surface area (TPSA) is 20.2 Å². The molecule has 0 saturated heterocycles. The zero-order valence-corrected chi connectivity index (χ0v) is 27.5. The fourth-order valence-electron chi connectivity index (χ4n) is 4.45. The van der Waals surface area contributed by atoms with Crippen LogP contribution in [0.3, 0.4) is 0 Å². The SMILES string of the molecule is CC1=C(/C=C/C(C)=C/C=C/C(C)=C/C=C/C=C(C)/C=C/C=C(C)/C=C/C=C(C)/C=C/C(O)C(C)C)C(C)(C)CCC1. The van der Waals surface area contributed by atoms with E-state index in [0.717, 1.165) is 5.57 Å². The Morgan fingerprint density at radius 2 is 1.07 bits per heavy atom. The molecule has 0 amide bonds. The van der Waals surface area contributed by atoms with Crippen LogP contribution in [0.1, 0.15) is 88.5 Å². The van der Waals surface area contributed by atoms with Gasteiger partial charge in [-0.15, -0.1) is 0 Å². The van der Waals surface area contributed by atoms with Gasteiger partial charge >= 0.3 is 0 Å². The van der Waals surface area contributed by atoms with Crippen LogP contribution in [0.5, 0.6) is 0 Å². The molecule has 0 saturated carbocycles. The summed E-state index contributed by atoms with van der Waals surface area (Å²) in [5.74, 6) is 0.231. The second kappa shape index (κ2) is 19.1. The summed E-state index contributed by atoms with van der Waals surface area (Å²) >= 11 is 0. The average molecular weight is 553 g/mol. The highest BCUT2D eigenvalue weighted by Gasteiger charge is 2.26. The molecule has 1 nitrogen and oxygen atoms in total. The first-order valence-electron chi connectivity index (χ1n) is 15.1. The molecule has 0 spiro atoms. The Morgan fingerprint density at radius 3 is 1.51 bits per heavy atom. The van der Waals surface area contributed by atoms with Crippen LogP contribution in [0.2, 0.25) is 0 Å². The summed E-state index contributed by atoms with van der Waals surface area (Å²) in [6, 6.07) is 0. The highest BCUT2D eigenvalue weighted by molar-refractivity contribution is 5.37. The Hall–Kier alpha value is -3.16. The Morgan fingerprint density at radius 1 is 0.659 bits per heavy atom. The van der Waals surface area contributed by atoms with Gasteiger partial charge in [-0.05, 0) is 77.7 Å². The predicted octanol–water partition coefficient (Wildman–Crippen LogP) is 11.6. The van der Waals surface area contributed by atoms with E-state index < -0.39 is 6.10 Å². The molecule has 1 rings (SSSR count). The first kappa shape index (κ1) is 35.9. The molecule has 1 unspecified atom stereocenters. The Balaban J connectivity index is 2.60. The van der Waals surface area contributed by atoms with Crippen LogP contribution in [0.15, 0.2) is 142 Å². The summed E-state index contributed by atoms with van der Waals surface area (Å²) < 4.78 is 0. The lowest BCUT2D eigenvalue weighted by atomic mass is 9.72. The molecule has 1 aliphatic carbocycles. The predicted molar refractivity (Wildman–Crippen MR) is 185 cm³/mol. The van der Waals surface area contributed by atoms with Gasteiger partial charge in [-0.25, -0.2) is 0 Å². The maximum Gasteiger partial charge on any atom is 0.0746 e. The van der Waals surface area contributed by atoms with Crippen molar-refractivity contribution < 1.29 is 5.11 Å². The largest absolute Gasteiger partial charge is 0.389 e. The molecule has 0 aromatic heterocycles. The van der Waals surface area contributed by atoms with Gasteiger partial charge in [0.15, 0.2) is 0 Å². The molecule has 0 fully saturated rings. The van der Waals surface area contributed by atoms with Crippen molar-refractivity contribution in [1.29, 1.82) is 0 Å². The number of rotatable bonds is 13. The number of allylic oxidation sites excluding steroid dienone is 23. The molecule has 41 heavy (non-hydrogen) atoms. The zero-order valence-electron chi connectivity index (χ0n) is 27.5. The van der Waals surface area contributed by atoms with Crippen LogP contribution in [-0.2, 0) is 0 Å². The van der Waals surface area contributed by atoms with Crippen LogP contribution in [0.25, 0.3) is 0 Å². The zero-order chi connectivity index (χ0) is 30.8. The molecule has 0 bridgehead atoms. The summed E-state index contributed by atoms with van der Waals surface area (Å²) in [5.41, 5.74) is 9.28. The van der Waals surface area contributed by atoms with Gasteiger partial charge in [0.05, 0.1) is 6.10 Å². The molecule has 0 aliphatic heterocycles. The molecule has 0 aromatic rings. The summed E-state index contributed by atoms with van der Waals surface area (Å²) in [7, 11) is 0. The molecule has 1 heteroatoms. The second-order valence-corrected chi connectivity index (χ2v) is 12.4. The van der Waals surface area contributed by atoms with Gasteiger partial charge in [0, 0.05) is 0 Å². The fraction of sp³-hybridized carbons (Fsp3) is 0.400. The van der Waals surface area contributed by atoms with E-state index >= 15 is 0 Å². The van der Waals surface area contributed by atoms with Gasteiger partial charge in [-0.3, -0.25) is 0 Å². The van der Waals surface area contributed by atoms with E-state index in [1.165, 1.54) is 52.7 Å². The van der Waals surface area contributed by atoms with Crippen molar-refractivity contribution in [2.45, 2.75) is 94.6 Å². The standard InChI is InChI=1S/C40H56O/c1-31(2)39(41)29-27-36(7)24-15-22-34(5)21-13-19-32(3)17-11-12-18-33(4)20-14-23-35(6)26-28-38-37(8)25-16-30-40(38,9)10/h11-15,17-24,26-29,31,39,41H,16,25,30H2,1-10H3/b12-11+,19-13+,20-14+,22-15+,28-26+,29-27+,32-17+,33-18+,34-21+,35-23+,36-24+. The van der Waals surface area contributed by atoms with Crippen molar-refractivity contribution in [3.8, 4) is 0 Å². The minimum Gasteiger partial charge on any atom is -0.389 e. The van der Waals surface area contributed by atoms with E-state index in [1.54, 1.807) is 0 Å². The molecule has 1 aliphatic rings. The van der Waals surface area contributed by atoms with E-state index in [1.807, 2.05) is 39.0 Å². The third kappa shape index (κ3) is 16.0. The minimum atomic E-state index is -0.400. The number of hydrogen-bond donors (Lipinski definition) is 1. The van der Waals surface area contributed by atoms with Crippen molar-refractivity contribution in [3.05, 3.63) is 142 Å². The quantitative estimate of drug-likeness (QED) is 0.225. The van der Waals surface area contributed by atoms with Crippen LogP contribution in [-0.4, -0.2) is 11.2 Å². The highest BCUT2D eigenvalue weighted by Crippen LogP contribution is 2.40. The van der Waals surface area contributed by atoms with Crippen LogP contribution in [0, 0.1) is 11.3 Å². The molecule has 0 aromatic carbocycles. The van der Waals surface area contributed by atoms with E-state index in [2.05, 4.69) is 134 Å². The normalized spacial score (nSPS) is 19.7.